The molecule has 3 aliphatic rings. The molecule has 5 atom stereocenters. The zero-order chi connectivity index (χ0) is 15.0. The predicted octanol–water partition coefficient (Wildman–Crippen LogP) is 2.24. The number of piperidine rings is 1. The van der Waals surface area contributed by atoms with Gasteiger partial charge in [-0.25, -0.2) is 0 Å². The summed E-state index contributed by atoms with van der Waals surface area (Å²) in [5, 5.41) is 3.56. The summed E-state index contributed by atoms with van der Waals surface area (Å²) in [6.45, 7) is 9.94. The predicted molar refractivity (Wildman–Crippen MR) is 84.2 cm³/mol. The SMILES string of the molecule is CNC1CCC2(CC1N1CC(C)CC(C)C1C)OCCO2. The van der Waals surface area contributed by atoms with Gasteiger partial charge in [-0.3, -0.25) is 4.90 Å². The van der Waals surface area contributed by atoms with E-state index in [1.54, 1.807) is 0 Å². The van der Waals surface area contributed by atoms with Crippen molar-refractivity contribution in [3.8, 4) is 0 Å². The maximum Gasteiger partial charge on any atom is 0.170 e. The highest BCUT2D eigenvalue weighted by Gasteiger charge is 2.48. The van der Waals surface area contributed by atoms with Crippen molar-refractivity contribution in [2.45, 2.75) is 70.4 Å². The molecule has 2 aliphatic heterocycles. The van der Waals surface area contributed by atoms with Crippen molar-refractivity contribution in [2.24, 2.45) is 11.8 Å². The van der Waals surface area contributed by atoms with Gasteiger partial charge in [-0.15, -0.1) is 0 Å². The van der Waals surface area contributed by atoms with Gasteiger partial charge >= 0.3 is 0 Å². The Morgan fingerprint density at radius 3 is 2.52 bits per heavy atom. The van der Waals surface area contributed by atoms with E-state index in [1.807, 2.05) is 0 Å². The molecule has 0 amide bonds. The minimum Gasteiger partial charge on any atom is -0.347 e. The van der Waals surface area contributed by atoms with Crippen molar-refractivity contribution >= 4 is 0 Å². The fraction of sp³-hybridized carbons (Fsp3) is 1.00. The molecule has 4 heteroatoms. The lowest BCUT2D eigenvalue weighted by Gasteiger charge is -2.51. The van der Waals surface area contributed by atoms with Crippen molar-refractivity contribution in [1.82, 2.24) is 10.2 Å². The number of likely N-dealkylation sites (tertiary alicyclic amines) is 1. The van der Waals surface area contributed by atoms with Crippen molar-refractivity contribution < 1.29 is 9.47 Å². The first-order valence-corrected chi connectivity index (χ1v) is 8.75. The molecule has 2 heterocycles. The molecule has 0 aromatic heterocycles. The lowest BCUT2D eigenvalue weighted by atomic mass is 9.79. The fourth-order valence-corrected chi connectivity index (χ4v) is 4.77. The molecule has 1 N–H and O–H groups in total. The van der Waals surface area contributed by atoms with Crippen molar-refractivity contribution in [1.29, 1.82) is 0 Å². The molecule has 0 bridgehead atoms. The Balaban J connectivity index is 1.78. The number of hydrogen-bond acceptors (Lipinski definition) is 4. The molecule has 122 valence electrons. The third-order valence-corrected chi connectivity index (χ3v) is 6.07. The van der Waals surface area contributed by atoms with E-state index in [2.05, 4.69) is 38.0 Å². The second-order valence-electron chi connectivity index (χ2n) is 7.57. The number of hydrogen-bond donors (Lipinski definition) is 1. The summed E-state index contributed by atoms with van der Waals surface area (Å²) in [6.07, 6.45) is 4.55. The molecule has 1 spiro atoms. The van der Waals surface area contributed by atoms with Crippen LogP contribution in [0.15, 0.2) is 0 Å². The highest BCUT2D eigenvalue weighted by molar-refractivity contribution is 4.99. The molecule has 3 fully saturated rings. The zero-order valence-electron chi connectivity index (χ0n) is 14.1. The molecule has 21 heavy (non-hydrogen) atoms. The standard InChI is InChI=1S/C17H32N2O2/c1-12-9-13(2)14(3)19(11-12)16-10-17(20-7-8-21-17)6-5-15(16)18-4/h12-16,18H,5-11H2,1-4H3. The second kappa shape index (κ2) is 6.15. The van der Waals surface area contributed by atoms with Gasteiger partial charge in [-0.2, -0.15) is 0 Å². The van der Waals surface area contributed by atoms with Crippen molar-refractivity contribution in [2.75, 3.05) is 26.8 Å². The van der Waals surface area contributed by atoms with E-state index in [0.29, 0.717) is 18.1 Å². The van der Waals surface area contributed by atoms with Gasteiger partial charge in [0.2, 0.25) is 0 Å². The van der Waals surface area contributed by atoms with Gasteiger partial charge in [0.05, 0.1) is 13.2 Å². The molecule has 2 saturated heterocycles. The molecule has 3 rings (SSSR count). The Morgan fingerprint density at radius 1 is 1.14 bits per heavy atom. The Morgan fingerprint density at radius 2 is 1.86 bits per heavy atom. The summed E-state index contributed by atoms with van der Waals surface area (Å²) < 4.78 is 12.0. The third-order valence-electron chi connectivity index (χ3n) is 6.07. The van der Waals surface area contributed by atoms with E-state index in [1.165, 1.54) is 13.0 Å². The Kier molecular flexibility index (Phi) is 4.60. The van der Waals surface area contributed by atoms with E-state index in [9.17, 15) is 0 Å². The van der Waals surface area contributed by atoms with Gasteiger partial charge in [0, 0.05) is 37.5 Å². The van der Waals surface area contributed by atoms with E-state index < -0.39 is 0 Å². The van der Waals surface area contributed by atoms with Crippen LogP contribution in [0.2, 0.25) is 0 Å². The van der Waals surface area contributed by atoms with Crippen LogP contribution in [-0.4, -0.2) is 55.6 Å². The summed E-state index contributed by atoms with van der Waals surface area (Å²) in [5.74, 6) is 1.27. The molecule has 0 radical (unpaired) electrons. The van der Waals surface area contributed by atoms with Gasteiger partial charge in [-0.05, 0) is 38.6 Å². The number of nitrogens with one attached hydrogen (secondary N) is 1. The Bertz CT molecular complexity index is 357. The first-order valence-electron chi connectivity index (χ1n) is 8.75. The maximum absolute atomic E-state index is 6.01. The number of rotatable bonds is 2. The number of ether oxygens (including phenoxy) is 2. The molecular formula is C17H32N2O2. The minimum atomic E-state index is -0.290. The van der Waals surface area contributed by atoms with E-state index >= 15 is 0 Å². The fourth-order valence-electron chi connectivity index (χ4n) is 4.77. The second-order valence-corrected chi connectivity index (χ2v) is 7.57. The summed E-state index contributed by atoms with van der Waals surface area (Å²) in [7, 11) is 2.10. The highest BCUT2D eigenvalue weighted by Crippen LogP contribution is 2.40. The first kappa shape index (κ1) is 15.7. The summed E-state index contributed by atoms with van der Waals surface area (Å²) in [5.41, 5.74) is 0. The lowest BCUT2D eigenvalue weighted by Crippen LogP contribution is -2.62. The monoisotopic (exact) mass is 296 g/mol. The van der Waals surface area contributed by atoms with E-state index in [4.69, 9.17) is 9.47 Å². The Labute approximate surface area is 129 Å². The zero-order valence-corrected chi connectivity index (χ0v) is 14.1. The molecule has 1 saturated carbocycles. The van der Waals surface area contributed by atoms with Crippen LogP contribution in [-0.2, 0) is 9.47 Å². The van der Waals surface area contributed by atoms with Crippen LogP contribution in [0.5, 0.6) is 0 Å². The summed E-state index contributed by atoms with van der Waals surface area (Å²) in [6, 6.07) is 1.74. The van der Waals surface area contributed by atoms with Crippen LogP contribution in [0.3, 0.4) is 0 Å². The molecule has 0 aromatic carbocycles. The van der Waals surface area contributed by atoms with Crippen LogP contribution in [0, 0.1) is 11.8 Å². The van der Waals surface area contributed by atoms with Crippen LogP contribution in [0.25, 0.3) is 0 Å². The quantitative estimate of drug-likeness (QED) is 0.847. The molecule has 4 nitrogen and oxygen atoms in total. The minimum absolute atomic E-state index is 0.290. The highest BCUT2D eigenvalue weighted by atomic mass is 16.7. The normalized spacial score (nSPS) is 44.3. The van der Waals surface area contributed by atoms with Gasteiger partial charge in [0.25, 0.3) is 0 Å². The third kappa shape index (κ3) is 3.00. The van der Waals surface area contributed by atoms with Crippen LogP contribution < -0.4 is 5.32 Å². The van der Waals surface area contributed by atoms with Gasteiger partial charge in [0.15, 0.2) is 5.79 Å². The van der Waals surface area contributed by atoms with Gasteiger partial charge in [0.1, 0.15) is 0 Å². The molecular weight excluding hydrogens is 264 g/mol. The number of nitrogens with zero attached hydrogens (tertiary/aromatic N) is 1. The molecule has 5 unspecified atom stereocenters. The topological polar surface area (TPSA) is 33.7 Å². The maximum atomic E-state index is 6.01. The summed E-state index contributed by atoms with van der Waals surface area (Å²) in [4.78, 5) is 2.74. The largest absolute Gasteiger partial charge is 0.347 e. The first-order chi connectivity index (χ1) is 10.0. The Hall–Kier alpha value is -0.160. The molecule has 1 aliphatic carbocycles. The van der Waals surface area contributed by atoms with Crippen molar-refractivity contribution in [3.05, 3.63) is 0 Å². The van der Waals surface area contributed by atoms with Crippen molar-refractivity contribution in [3.63, 3.8) is 0 Å². The smallest absolute Gasteiger partial charge is 0.170 e. The lowest BCUT2D eigenvalue weighted by molar-refractivity contribution is -0.197. The van der Waals surface area contributed by atoms with Gasteiger partial charge < -0.3 is 14.8 Å². The summed E-state index contributed by atoms with van der Waals surface area (Å²) >= 11 is 0. The van der Waals surface area contributed by atoms with Gasteiger partial charge in [-0.1, -0.05) is 13.8 Å². The van der Waals surface area contributed by atoms with E-state index in [-0.39, 0.29) is 5.79 Å². The van der Waals surface area contributed by atoms with E-state index in [0.717, 1.165) is 44.3 Å². The number of likely N-dealkylation sites (N-methyl/N-ethyl adjacent to an activating group) is 1. The van der Waals surface area contributed by atoms with Crippen LogP contribution in [0.1, 0.15) is 46.5 Å². The van der Waals surface area contributed by atoms with Crippen LogP contribution in [0.4, 0.5) is 0 Å². The average Bonchev–Trinajstić information content (AvgIpc) is 2.91. The van der Waals surface area contributed by atoms with Crippen LogP contribution >= 0.6 is 0 Å². The molecule has 0 aromatic rings. The average molecular weight is 296 g/mol.